The summed E-state index contributed by atoms with van der Waals surface area (Å²) < 4.78 is 13.4. The maximum atomic E-state index is 6.68. The van der Waals surface area contributed by atoms with Gasteiger partial charge in [-0.05, 0) is 64.2 Å². The van der Waals surface area contributed by atoms with E-state index >= 15 is 0 Å². The van der Waals surface area contributed by atoms with Crippen LogP contribution in [0.25, 0.3) is 0 Å². The molecule has 0 spiro atoms. The quantitative estimate of drug-likeness (QED) is 0.0615. The van der Waals surface area contributed by atoms with Crippen LogP contribution >= 0.6 is 0 Å². The number of unbranched alkanes of at least 4 members (excludes halogenated alkanes) is 22. The monoisotopic (exact) mass is 587 g/mol. The van der Waals surface area contributed by atoms with Crippen molar-refractivity contribution in [3.8, 4) is 0 Å². The minimum atomic E-state index is -0.248. The highest BCUT2D eigenvalue weighted by atomic mass is 16.8. The molecule has 42 heavy (non-hydrogen) atoms. The second-order valence-corrected chi connectivity index (χ2v) is 13.8. The van der Waals surface area contributed by atoms with Crippen LogP contribution in [0, 0.1) is 0 Å². The number of rotatable bonds is 30. The Morgan fingerprint density at radius 1 is 0.452 bits per heavy atom. The third-order valence-electron chi connectivity index (χ3n) is 9.79. The molecule has 2 fully saturated rings. The van der Waals surface area contributed by atoms with Crippen LogP contribution in [0.2, 0.25) is 0 Å². The van der Waals surface area contributed by atoms with Gasteiger partial charge in [0.2, 0.25) is 0 Å². The first-order valence-corrected chi connectivity index (χ1v) is 19.5. The second kappa shape index (κ2) is 26.8. The van der Waals surface area contributed by atoms with Crippen molar-refractivity contribution >= 4 is 0 Å². The number of fused-ring (bicyclic) bond motifs is 1. The molecular weight excluding hydrogens is 512 g/mol. The summed E-state index contributed by atoms with van der Waals surface area (Å²) in [6.07, 6.45) is 51.7. The van der Waals surface area contributed by atoms with Gasteiger partial charge in [-0.2, -0.15) is 0 Å². The Morgan fingerprint density at radius 3 is 1.26 bits per heavy atom. The Bertz CT molecular complexity index is 626. The Balaban J connectivity index is 1.45. The summed E-state index contributed by atoms with van der Waals surface area (Å²) in [5, 5.41) is 0. The summed E-state index contributed by atoms with van der Waals surface area (Å²) in [6, 6.07) is 0. The van der Waals surface area contributed by atoms with Gasteiger partial charge in [-0.3, -0.25) is 0 Å². The van der Waals surface area contributed by atoms with Crippen molar-refractivity contribution in [2.75, 3.05) is 0 Å². The lowest BCUT2D eigenvalue weighted by atomic mass is 9.98. The van der Waals surface area contributed by atoms with Crippen LogP contribution < -0.4 is 0 Å². The zero-order chi connectivity index (χ0) is 29.8. The number of ether oxygens (including phenoxy) is 2. The van der Waals surface area contributed by atoms with Crippen molar-refractivity contribution in [1.82, 2.24) is 0 Å². The summed E-state index contributed by atoms with van der Waals surface area (Å²) >= 11 is 0. The van der Waals surface area contributed by atoms with Crippen LogP contribution in [0.15, 0.2) is 24.3 Å². The Morgan fingerprint density at radius 2 is 0.810 bits per heavy atom. The highest BCUT2D eigenvalue weighted by Gasteiger charge is 2.48. The minimum absolute atomic E-state index is 0.248. The normalized spacial score (nSPS) is 22.2. The van der Waals surface area contributed by atoms with Crippen LogP contribution in [0.3, 0.4) is 0 Å². The van der Waals surface area contributed by atoms with Gasteiger partial charge in [0.15, 0.2) is 5.79 Å². The van der Waals surface area contributed by atoms with Crippen molar-refractivity contribution in [1.29, 1.82) is 0 Å². The van der Waals surface area contributed by atoms with Gasteiger partial charge in [-0.1, -0.05) is 160 Å². The minimum Gasteiger partial charge on any atom is -0.344 e. The molecule has 2 heteroatoms. The predicted molar refractivity (Wildman–Crippen MR) is 185 cm³/mol. The van der Waals surface area contributed by atoms with Crippen molar-refractivity contribution < 1.29 is 9.47 Å². The SMILES string of the molecule is CCCCC/C=C\C/C=C\CCCCCCCCC1(CCCCCCCCCCCCCCCC)OC2CCCC2O1. The van der Waals surface area contributed by atoms with Gasteiger partial charge < -0.3 is 9.47 Å². The molecule has 1 saturated heterocycles. The fraction of sp³-hybridized carbons (Fsp3) is 0.900. The maximum Gasteiger partial charge on any atom is 0.169 e. The molecule has 0 bridgehead atoms. The van der Waals surface area contributed by atoms with E-state index in [0.717, 1.165) is 19.3 Å². The first-order valence-electron chi connectivity index (χ1n) is 19.5. The third kappa shape index (κ3) is 18.9. The zero-order valence-corrected chi connectivity index (χ0v) is 28.7. The molecule has 0 aromatic carbocycles. The Labute approximate surface area is 264 Å². The van der Waals surface area contributed by atoms with E-state index in [-0.39, 0.29) is 5.79 Å². The number of hydrogen-bond donors (Lipinski definition) is 0. The van der Waals surface area contributed by atoms with E-state index in [2.05, 4.69) is 38.2 Å². The predicted octanol–water partition coefficient (Wildman–Crippen LogP) is 13.7. The molecular formula is C40H74O2. The van der Waals surface area contributed by atoms with Crippen molar-refractivity contribution in [3.05, 3.63) is 24.3 Å². The molecule has 1 aliphatic carbocycles. The first-order chi connectivity index (χ1) is 20.8. The lowest BCUT2D eigenvalue weighted by Gasteiger charge is -2.29. The summed E-state index contributed by atoms with van der Waals surface area (Å²) in [5.74, 6) is -0.248. The van der Waals surface area contributed by atoms with E-state index in [4.69, 9.17) is 9.47 Å². The summed E-state index contributed by atoms with van der Waals surface area (Å²) in [4.78, 5) is 0. The Hall–Kier alpha value is -0.600. The topological polar surface area (TPSA) is 18.5 Å². The number of allylic oxidation sites excluding steroid dienone is 4. The van der Waals surface area contributed by atoms with E-state index < -0.39 is 0 Å². The zero-order valence-electron chi connectivity index (χ0n) is 28.7. The van der Waals surface area contributed by atoms with E-state index in [1.54, 1.807) is 0 Å². The average molecular weight is 587 g/mol. The van der Waals surface area contributed by atoms with E-state index in [1.165, 1.54) is 180 Å². The van der Waals surface area contributed by atoms with Gasteiger partial charge >= 0.3 is 0 Å². The van der Waals surface area contributed by atoms with E-state index in [9.17, 15) is 0 Å². The molecule has 1 saturated carbocycles. The van der Waals surface area contributed by atoms with Crippen LogP contribution in [0.5, 0.6) is 0 Å². The lowest BCUT2D eigenvalue weighted by molar-refractivity contribution is -0.190. The molecule has 2 unspecified atom stereocenters. The fourth-order valence-corrected chi connectivity index (χ4v) is 7.07. The largest absolute Gasteiger partial charge is 0.344 e. The van der Waals surface area contributed by atoms with E-state index in [1.807, 2.05) is 0 Å². The van der Waals surface area contributed by atoms with Gasteiger partial charge in [0.25, 0.3) is 0 Å². The lowest BCUT2D eigenvalue weighted by Crippen LogP contribution is -2.31. The van der Waals surface area contributed by atoms with Crippen molar-refractivity contribution in [3.63, 3.8) is 0 Å². The molecule has 0 N–H and O–H groups in total. The maximum absolute atomic E-state index is 6.68. The van der Waals surface area contributed by atoms with Gasteiger partial charge in [0, 0.05) is 12.8 Å². The molecule has 0 amide bonds. The standard InChI is InChI=1S/C40H74O2/c1-3-5-7-9-11-13-15-17-19-20-22-24-26-28-30-32-37-40(41-38-34-33-35-39(38)42-40)36-31-29-27-25-23-21-18-16-14-12-10-8-6-4-2/h11,13,17,19,38-39H,3-10,12,14-16,18,20-37H2,1-2H3/b13-11-,19-17-. The summed E-state index contributed by atoms with van der Waals surface area (Å²) in [6.45, 7) is 4.58. The van der Waals surface area contributed by atoms with Crippen LogP contribution in [-0.4, -0.2) is 18.0 Å². The molecule has 1 aliphatic heterocycles. The van der Waals surface area contributed by atoms with Gasteiger partial charge in [-0.15, -0.1) is 0 Å². The molecule has 1 heterocycles. The van der Waals surface area contributed by atoms with Crippen molar-refractivity contribution in [2.45, 2.75) is 231 Å². The second-order valence-electron chi connectivity index (χ2n) is 13.8. The van der Waals surface area contributed by atoms with Crippen LogP contribution in [-0.2, 0) is 9.47 Å². The molecule has 2 aliphatic rings. The highest BCUT2D eigenvalue weighted by molar-refractivity contribution is 4.93. The van der Waals surface area contributed by atoms with E-state index in [0.29, 0.717) is 12.2 Å². The fourth-order valence-electron chi connectivity index (χ4n) is 7.07. The third-order valence-corrected chi connectivity index (χ3v) is 9.79. The highest BCUT2D eigenvalue weighted by Crippen LogP contribution is 2.43. The Kier molecular flexibility index (Phi) is 24.0. The van der Waals surface area contributed by atoms with Crippen molar-refractivity contribution in [2.24, 2.45) is 0 Å². The molecule has 2 rings (SSSR count). The molecule has 2 nitrogen and oxygen atoms in total. The van der Waals surface area contributed by atoms with Gasteiger partial charge in [0.1, 0.15) is 0 Å². The molecule has 2 atom stereocenters. The average Bonchev–Trinajstić information content (AvgIpc) is 3.57. The molecule has 0 radical (unpaired) electrons. The summed E-state index contributed by atoms with van der Waals surface area (Å²) in [7, 11) is 0. The smallest absolute Gasteiger partial charge is 0.169 e. The van der Waals surface area contributed by atoms with Gasteiger partial charge in [-0.25, -0.2) is 0 Å². The van der Waals surface area contributed by atoms with Crippen LogP contribution in [0.4, 0.5) is 0 Å². The molecule has 0 aromatic rings. The number of hydrogen-bond acceptors (Lipinski definition) is 2. The molecule has 246 valence electrons. The van der Waals surface area contributed by atoms with Crippen LogP contribution in [0.1, 0.15) is 213 Å². The summed E-state index contributed by atoms with van der Waals surface area (Å²) in [5.41, 5.74) is 0. The van der Waals surface area contributed by atoms with Gasteiger partial charge in [0.05, 0.1) is 12.2 Å². The molecule has 0 aromatic heterocycles. The first kappa shape index (κ1) is 37.6.